The highest BCUT2D eigenvalue weighted by molar-refractivity contribution is 9.10. The second-order valence-corrected chi connectivity index (χ2v) is 7.36. The van der Waals surface area contributed by atoms with Gasteiger partial charge in [-0.2, -0.15) is 0 Å². The van der Waals surface area contributed by atoms with Crippen LogP contribution in [0.2, 0.25) is 0 Å². The van der Waals surface area contributed by atoms with Gasteiger partial charge in [-0.3, -0.25) is 10.1 Å². The summed E-state index contributed by atoms with van der Waals surface area (Å²) in [5.74, 6) is 0.500. The number of halogens is 1. The molecule has 0 spiro atoms. The van der Waals surface area contributed by atoms with Crippen LogP contribution < -0.4 is 10.1 Å². The van der Waals surface area contributed by atoms with Gasteiger partial charge < -0.3 is 4.74 Å². The smallest absolute Gasteiger partial charge is 0.264 e. The Morgan fingerprint density at radius 1 is 1.24 bits per heavy atom. The summed E-state index contributed by atoms with van der Waals surface area (Å²) in [6.07, 6.45) is 0. The maximum Gasteiger partial charge on any atom is 0.264 e. The Balaban J connectivity index is 1.61. The number of rotatable bonds is 5. The van der Waals surface area contributed by atoms with Crippen LogP contribution in [0.15, 0.2) is 52.3 Å². The Hall–Kier alpha value is -2.18. The normalized spacial score (nSPS) is 10.5. The SMILES string of the molecule is Cc1cccc(OCC(=O)Nc2nc(-c3cccc(Br)c3)cs2)c1C. The van der Waals surface area contributed by atoms with Gasteiger partial charge in [-0.05, 0) is 43.2 Å². The van der Waals surface area contributed by atoms with Gasteiger partial charge in [0, 0.05) is 15.4 Å². The number of ether oxygens (including phenoxy) is 1. The third-order valence-electron chi connectivity index (χ3n) is 3.78. The molecule has 1 N–H and O–H groups in total. The molecule has 0 saturated carbocycles. The van der Waals surface area contributed by atoms with Crippen LogP contribution in [0.5, 0.6) is 5.75 Å². The first kappa shape index (κ1) is 17.6. The molecule has 0 aliphatic carbocycles. The Labute approximate surface area is 159 Å². The summed E-state index contributed by atoms with van der Waals surface area (Å²) in [6.45, 7) is 3.95. The molecular formula is C19H17BrN2O2S. The van der Waals surface area contributed by atoms with E-state index < -0.39 is 0 Å². The Morgan fingerprint density at radius 3 is 2.84 bits per heavy atom. The minimum absolute atomic E-state index is 0.0455. The highest BCUT2D eigenvalue weighted by Crippen LogP contribution is 2.27. The highest BCUT2D eigenvalue weighted by atomic mass is 79.9. The predicted octanol–water partition coefficient (Wildman–Crippen LogP) is 5.21. The van der Waals surface area contributed by atoms with Gasteiger partial charge in [0.1, 0.15) is 5.75 Å². The van der Waals surface area contributed by atoms with E-state index in [0.717, 1.165) is 32.6 Å². The van der Waals surface area contributed by atoms with Crippen LogP contribution in [0.1, 0.15) is 11.1 Å². The molecule has 3 aromatic rings. The first-order chi connectivity index (χ1) is 12.0. The average Bonchev–Trinajstić information content (AvgIpc) is 3.05. The largest absolute Gasteiger partial charge is 0.483 e. The number of carbonyl (C=O) groups excluding carboxylic acids is 1. The Bertz CT molecular complexity index is 908. The van der Waals surface area contributed by atoms with Crippen LogP contribution in [0, 0.1) is 13.8 Å². The van der Waals surface area contributed by atoms with Crippen molar-refractivity contribution in [3.63, 3.8) is 0 Å². The molecule has 0 atom stereocenters. The van der Waals surface area contributed by atoms with E-state index >= 15 is 0 Å². The van der Waals surface area contributed by atoms with E-state index in [4.69, 9.17) is 4.74 Å². The Morgan fingerprint density at radius 2 is 2.04 bits per heavy atom. The maximum atomic E-state index is 12.1. The number of hydrogen-bond acceptors (Lipinski definition) is 4. The number of benzene rings is 2. The van der Waals surface area contributed by atoms with Crippen LogP contribution in [-0.2, 0) is 4.79 Å². The molecule has 6 heteroatoms. The fourth-order valence-electron chi connectivity index (χ4n) is 2.29. The van der Waals surface area contributed by atoms with Gasteiger partial charge >= 0.3 is 0 Å². The van der Waals surface area contributed by atoms with Gasteiger partial charge in [-0.25, -0.2) is 4.98 Å². The zero-order chi connectivity index (χ0) is 17.8. The molecule has 2 aromatic carbocycles. The number of anilines is 1. The number of nitrogens with one attached hydrogen (secondary N) is 1. The van der Waals surface area contributed by atoms with E-state index in [9.17, 15) is 4.79 Å². The molecule has 1 heterocycles. The predicted molar refractivity (Wildman–Crippen MR) is 105 cm³/mol. The lowest BCUT2D eigenvalue weighted by molar-refractivity contribution is -0.118. The summed E-state index contributed by atoms with van der Waals surface area (Å²) in [5, 5.41) is 5.26. The van der Waals surface area contributed by atoms with Crippen molar-refractivity contribution >= 4 is 38.3 Å². The van der Waals surface area contributed by atoms with Crippen molar-refractivity contribution in [3.05, 3.63) is 63.4 Å². The van der Waals surface area contributed by atoms with Crippen molar-refractivity contribution in [2.75, 3.05) is 11.9 Å². The minimum Gasteiger partial charge on any atom is -0.483 e. The van der Waals surface area contributed by atoms with Gasteiger partial charge in [-0.15, -0.1) is 11.3 Å². The molecule has 128 valence electrons. The number of carbonyl (C=O) groups is 1. The van der Waals surface area contributed by atoms with Gasteiger partial charge in [-0.1, -0.05) is 40.2 Å². The number of aromatic nitrogens is 1. The van der Waals surface area contributed by atoms with Gasteiger partial charge in [0.15, 0.2) is 11.7 Å². The third-order valence-corrected chi connectivity index (χ3v) is 5.04. The summed E-state index contributed by atoms with van der Waals surface area (Å²) in [4.78, 5) is 16.6. The second kappa shape index (κ2) is 7.80. The number of hydrogen-bond donors (Lipinski definition) is 1. The molecular weight excluding hydrogens is 400 g/mol. The zero-order valence-electron chi connectivity index (χ0n) is 13.9. The van der Waals surface area contributed by atoms with Crippen LogP contribution >= 0.6 is 27.3 Å². The van der Waals surface area contributed by atoms with E-state index in [0.29, 0.717) is 5.13 Å². The van der Waals surface area contributed by atoms with Crippen LogP contribution in [-0.4, -0.2) is 17.5 Å². The molecule has 1 aromatic heterocycles. The van der Waals surface area contributed by atoms with Crippen molar-refractivity contribution in [1.29, 1.82) is 0 Å². The van der Waals surface area contributed by atoms with Crippen molar-refractivity contribution < 1.29 is 9.53 Å². The van der Waals surface area contributed by atoms with Crippen molar-refractivity contribution in [1.82, 2.24) is 4.98 Å². The molecule has 0 radical (unpaired) electrons. The fourth-order valence-corrected chi connectivity index (χ4v) is 3.43. The lowest BCUT2D eigenvalue weighted by Gasteiger charge is -2.10. The zero-order valence-corrected chi connectivity index (χ0v) is 16.3. The standard InChI is InChI=1S/C19H17BrN2O2S/c1-12-5-3-8-17(13(12)2)24-10-18(23)22-19-21-16(11-25-19)14-6-4-7-15(20)9-14/h3-9,11H,10H2,1-2H3,(H,21,22,23). The maximum absolute atomic E-state index is 12.1. The summed E-state index contributed by atoms with van der Waals surface area (Å²) in [7, 11) is 0. The monoisotopic (exact) mass is 416 g/mol. The van der Waals surface area contributed by atoms with Gasteiger partial charge in [0.2, 0.25) is 0 Å². The number of nitrogens with zero attached hydrogens (tertiary/aromatic N) is 1. The van der Waals surface area contributed by atoms with Crippen molar-refractivity contribution in [3.8, 4) is 17.0 Å². The number of amides is 1. The van der Waals surface area contributed by atoms with E-state index in [1.165, 1.54) is 11.3 Å². The third kappa shape index (κ3) is 4.46. The van der Waals surface area contributed by atoms with Crippen molar-refractivity contribution in [2.24, 2.45) is 0 Å². The molecule has 0 unspecified atom stereocenters. The van der Waals surface area contributed by atoms with Crippen LogP contribution in [0.3, 0.4) is 0 Å². The first-order valence-corrected chi connectivity index (χ1v) is 9.40. The van der Waals surface area contributed by atoms with E-state index in [1.807, 2.05) is 61.7 Å². The van der Waals surface area contributed by atoms with Gasteiger partial charge in [0.25, 0.3) is 5.91 Å². The molecule has 0 aliphatic heterocycles. The minimum atomic E-state index is -0.226. The number of thiazole rings is 1. The first-order valence-electron chi connectivity index (χ1n) is 7.73. The molecule has 4 nitrogen and oxygen atoms in total. The molecule has 0 bridgehead atoms. The molecule has 1 amide bonds. The molecule has 0 aliphatic rings. The lowest BCUT2D eigenvalue weighted by Crippen LogP contribution is -2.20. The second-order valence-electron chi connectivity index (χ2n) is 5.58. The quantitative estimate of drug-likeness (QED) is 0.620. The van der Waals surface area contributed by atoms with Crippen LogP contribution in [0.25, 0.3) is 11.3 Å². The lowest BCUT2D eigenvalue weighted by atomic mass is 10.1. The highest BCUT2D eigenvalue weighted by Gasteiger charge is 2.10. The summed E-state index contributed by atoms with van der Waals surface area (Å²) in [6, 6.07) is 13.7. The topological polar surface area (TPSA) is 51.2 Å². The van der Waals surface area contributed by atoms with Gasteiger partial charge in [0.05, 0.1) is 5.69 Å². The number of aryl methyl sites for hydroxylation is 1. The summed E-state index contributed by atoms with van der Waals surface area (Å²) in [5.41, 5.74) is 4.01. The molecule has 25 heavy (non-hydrogen) atoms. The van der Waals surface area contributed by atoms with E-state index in [1.54, 1.807) is 0 Å². The fraction of sp³-hybridized carbons (Fsp3) is 0.158. The van der Waals surface area contributed by atoms with E-state index in [-0.39, 0.29) is 12.5 Å². The van der Waals surface area contributed by atoms with E-state index in [2.05, 4.69) is 26.2 Å². The molecule has 0 saturated heterocycles. The molecule has 3 rings (SSSR count). The van der Waals surface area contributed by atoms with Crippen LogP contribution in [0.4, 0.5) is 5.13 Å². The summed E-state index contributed by atoms with van der Waals surface area (Å²) < 4.78 is 6.61. The average molecular weight is 417 g/mol. The van der Waals surface area contributed by atoms with Crippen molar-refractivity contribution in [2.45, 2.75) is 13.8 Å². The molecule has 0 fully saturated rings. The summed E-state index contributed by atoms with van der Waals surface area (Å²) >= 11 is 4.84. The Kier molecular flexibility index (Phi) is 5.50.